The Morgan fingerprint density at radius 3 is 2.53 bits per heavy atom. The van der Waals surface area contributed by atoms with E-state index < -0.39 is 0 Å². The Hall–Kier alpha value is 0.270. The lowest BCUT2D eigenvalue weighted by atomic mass is 9.74. The smallest absolute Gasteiger partial charge is 0.0472 e. The molecule has 2 atom stereocenters. The number of piperidine rings is 1. The van der Waals surface area contributed by atoms with Crippen LogP contribution in [-0.2, 0) is 4.74 Å². The van der Waals surface area contributed by atoms with E-state index in [1.54, 1.807) is 0 Å². The van der Waals surface area contributed by atoms with Gasteiger partial charge in [0.25, 0.3) is 0 Å². The van der Waals surface area contributed by atoms with E-state index in [1.165, 1.54) is 64.6 Å². The van der Waals surface area contributed by atoms with Crippen LogP contribution in [0.1, 0.15) is 44.9 Å². The van der Waals surface area contributed by atoms with Gasteiger partial charge in [0.15, 0.2) is 0 Å². The number of nitrogens with zero attached hydrogens (tertiary/aromatic N) is 1. The monoisotopic (exact) mass is 283 g/mol. The number of hydrogen-bond acceptors (Lipinski definition) is 3. The van der Waals surface area contributed by atoms with E-state index in [0.29, 0.717) is 5.41 Å². The van der Waals surface area contributed by atoms with Crippen LogP contribution in [0.5, 0.6) is 0 Å². The summed E-state index contributed by atoms with van der Waals surface area (Å²) in [4.78, 5) is 2.76. The summed E-state index contributed by atoms with van der Waals surface area (Å²) in [6, 6.07) is 0. The second kappa shape index (κ2) is 6.36. The Morgan fingerprint density at radius 2 is 1.79 bits per heavy atom. The highest BCUT2D eigenvalue weighted by atomic mass is 32.1. The average molecular weight is 283 g/mol. The highest BCUT2D eigenvalue weighted by Crippen LogP contribution is 2.39. The highest BCUT2D eigenvalue weighted by molar-refractivity contribution is 7.80. The molecule has 0 bridgehead atoms. The Morgan fingerprint density at radius 1 is 1.05 bits per heavy atom. The maximum atomic E-state index is 5.55. The van der Waals surface area contributed by atoms with Crippen molar-refractivity contribution in [2.45, 2.75) is 44.9 Å². The van der Waals surface area contributed by atoms with Crippen LogP contribution in [0.2, 0.25) is 0 Å². The van der Waals surface area contributed by atoms with Gasteiger partial charge < -0.3 is 9.64 Å². The van der Waals surface area contributed by atoms with Gasteiger partial charge in [-0.05, 0) is 55.2 Å². The molecule has 3 rings (SSSR count). The molecule has 0 spiro atoms. The minimum Gasteiger partial charge on any atom is -0.381 e. The fraction of sp³-hybridized carbons (Fsp3) is 1.00. The van der Waals surface area contributed by atoms with Crippen molar-refractivity contribution in [1.82, 2.24) is 4.90 Å². The van der Waals surface area contributed by atoms with E-state index in [-0.39, 0.29) is 0 Å². The highest BCUT2D eigenvalue weighted by Gasteiger charge is 2.37. The number of ether oxygens (including phenoxy) is 1. The first-order valence-electron chi connectivity index (χ1n) is 8.22. The molecule has 2 unspecified atom stereocenters. The largest absolute Gasteiger partial charge is 0.381 e. The number of hydrogen-bond donors (Lipinski definition) is 1. The van der Waals surface area contributed by atoms with Crippen molar-refractivity contribution in [3.63, 3.8) is 0 Å². The Balaban J connectivity index is 1.57. The first kappa shape index (κ1) is 14.2. The third kappa shape index (κ3) is 3.30. The molecule has 0 aromatic heterocycles. The quantitative estimate of drug-likeness (QED) is 0.798. The molecule has 0 aromatic carbocycles. The van der Waals surface area contributed by atoms with E-state index in [4.69, 9.17) is 4.74 Å². The average Bonchev–Trinajstić information content (AvgIpc) is 2.48. The molecule has 0 amide bonds. The van der Waals surface area contributed by atoms with E-state index in [0.717, 1.165) is 30.8 Å². The molecule has 1 saturated carbocycles. The third-order valence-electron chi connectivity index (χ3n) is 5.82. The first-order valence-corrected chi connectivity index (χ1v) is 8.86. The molecule has 2 nitrogen and oxygen atoms in total. The van der Waals surface area contributed by atoms with Gasteiger partial charge in [0.05, 0.1) is 0 Å². The fourth-order valence-electron chi connectivity index (χ4n) is 4.46. The zero-order valence-corrected chi connectivity index (χ0v) is 13.0. The lowest BCUT2D eigenvalue weighted by Crippen LogP contribution is -2.48. The summed E-state index contributed by atoms with van der Waals surface area (Å²) in [5.41, 5.74) is 0.433. The van der Waals surface area contributed by atoms with Crippen LogP contribution in [0.3, 0.4) is 0 Å². The summed E-state index contributed by atoms with van der Waals surface area (Å²) in [7, 11) is 0. The van der Waals surface area contributed by atoms with Crippen LogP contribution in [0.15, 0.2) is 0 Å². The van der Waals surface area contributed by atoms with Crippen molar-refractivity contribution >= 4 is 12.6 Å². The zero-order chi connectivity index (χ0) is 13.1. The number of rotatable bonds is 3. The van der Waals surface area contributed by atoms with Crippen LogP contribution in [0, 0.1) is 17.3 Å². The molecule has 3 aliphatic rings. The molecular formula is C16H29NOS. The number of thiol groups is 1. The fourth-order valence-corrected chi connectivity index (χ4v) is 4.88. The van der Waals surface area contributed by atoms with Crippen LogP contribution < -0.4 is 0 Å². The number of fused-ring (bicyclic) bond motifs is 1. The minimum absolute atomic E-state index is 0.433. The van der Waals surface area contributed by atoms with E-state index in [9.17, 15) is 0 Å². The van der Waals surface area contributed by atoms with Gasteiger partial charge in [-0.25, -0.2) is 0 Å². The van der Waals surface area contributed by atoms with Crippen LogP contribution in [-0.4, -0.2) is 43.5 Å². The summed E-state index contributed by atoms with van der Waals surface area (Å²) >= 11 is 4.66. The molecule has 2 heterocycles. The molecule has 0 N–H and O–H groups in total. The van der Waals surface area contributed by atoms with Gasteiger partial charge >= 0.3 is 0 Å². The third-order valence-corrected chi connectivity index (χ3v) is 6.49. The molecule has 0 aromatic rings. The summed E-state index contributed by atoms with van der Waals surface area (Å²) in [6.07, 6.45) is 9.81. The summed E-state index contributed by atoms with van der Waals surface area (Å²) in [5, 5.41) is 0. The number of likely N-dealkylation sites (tertiary alicyclic amines) is 1. The zero-order valence-electron chi connectivity index (χ0n) is 12.1. The van der Waals surface area contributed by atoms with Crippen molar-refractivity contribution in [2.24, 2.45) is 17.3 Å². The van der Waals surface area contributed by atoms with E-state index in [1.807, 2.05) is 0 Å². The molecule has 0 radical (unpaired) electrons. The Kier molecular flexibility index (Phi) is 4.76. The molecule has 2 saturated heterocycles. The lowest BCUT2D eigenvalue weighted by molar-refractivity contribution is -0.00887. The summed E-state index contributed by atoms with van der Waals surface area (Å²) in [5.74, 6) is 3.08. The summed E-state index contributed by atoms with van der Waals surface area (Å²) < 4.78 is 5.55. The van der Waals surface area contributed by atoms with Crippen LogP contribution in [0.25, 0.3) is 0 Å². The van der Waals surface area contributed by atoms with Crippen molar-refractivity contribution in [2.75, 3.05) is 38.6 Å². The van der Waals surface area contributed by atoms with Gasteiger partial charge in [-0.2, -0.15) is 12.6 Å². The molecule has 1 aliphatic carbocycles. The maximum absolute atomic E-state index is 5.55. The lowest BCUT2D eigenvalue weighted by Gasteiger charge is -2.46. The van der Waals surface area contributed by atoms with Gasteiger partial charge in [-0.15, -0.1) is 0 Å². The summed E-state index contributed by atoms with van der Waals surface area (Å²) in [6.45, 7) is 5.85. The van der Waals surface area contributed by atoms with Crippen molar-refractivity contribution in [3.8, 4) is 0 Å². The molecule has 110 valence electrons. The predicted octanol–water partition coefficient (Wildman–Crippen LogP) is 3.23. The van der Waals surface area contributed by atoms with E-state index in [2.05, 4.69) is 17.5 Å². The first-order chi connectivity index (χ1) is 9.31. The molecule has 19 heavy (non-hydrogen) atoms. The maximum Gasteiger partial charge on any atom is 0.0472 e. The molecule has 2 aliphatic heterocycles. The molecule has 3 fully saturated rings. The van der Waals surface area contributed by atoms with Gasteiger partial charge in [0, 0.05) is 26.3 Å². The topological polar surface area (TPSA) is 12.5 Å². The van der Waals surface area contributed by atoms with Crippen LogP contribution >= 0.6 is 12.6 Å². The standard InChI is InChI=1S/C16H29NOS/c19-13-16(6-9-18-10-7-16)12-17-8-5-14-3-1-2-4-15(14)11-17/h14-15,19H,1-13H2. The second-order valence-electron chi connectivity index (χ2n) is 7.10. The van der Waals surface area contributed by atoms with Crippen molar-refractivity contribution in [3.05, 3.63) is 0 Å². The van der Waals surface area contributed by atoms with Gasteiger partial charge in [0.2, 0.25) is 0 Å². The molecule has 3 heteroatoms. The second-order valence-corrected chi connectivity index (χ2v) is 7.42. The Bertz CT molecular complexity index is 290. The van der Waals surface area contributed by atoms with Crippen molar-refractivity contribution < 1.29 is 4.74 Å². The van der Waals surface area contributed by atoms with Crippen LogP contribution in [0.4, 0.5) is 0 Å². The molecular weight excluding hydrogens is 254 g/mol. The van der Waals surface area contributed by atoms with Crippen molar-refractivity contribution in [1.29, 1.82) is 0 Å². The normalized spacial score (nSPS) is 35.8. The van der Waals surface area contributed by atoms with Gasteiger partial charge in [-0.1, -0.05) is 19.3 Å². The Labute approximate surface area is 123 Å². The minimum atomic E-state index is 0.433. The van der Waals surface area contributed by atoms with Gasteiger partial charge in [0.1, 0.15) is 0 Å². The van der Waals surface area contributed by atoms with E-state index >= 15 is 0 Å². The predicted molar refractivity (Wildman–Crippen MR) is 82.8 cm³/mol. The SMILES string of the molecule is SCC1(CN2CCC3CCCCC3C2)CCOCC1. The van der Waals surface area contributed by atoms with Gasteiger partial charge in [-0.3, -0.25) is 0 Å².